The van der Waals surface area contributed by atoms with Crippen molar-refractivity contribution in [3.63, 3.8) is 0 Å². The molecule has 18 heavy (non-hydrogen) atoms. The average molecular weight is 313 g/mol. The molecule has 1 saturated carbocycles. The van der Waals surface area contributed by atoms with E-state index in [1.807, 2.05) is 24.3 Å². The molecule has 0 amide bonds. The zero-order chi connectivity index (χ0) is 13.3. The Bertz CT molecular complexity index is 476. The number of aliphatic carboxylic acids is 1. The second-order valence-electron chi connectivity index (χ2n) is 4.49. The van der Waals surface area contributed by atoms with Gasteiger partial charge in [0.15, 0.2) is 5.41 Å². The van der Waals surface area contributed by atoms with Gasteiger partial charge in [0.25, 0.3) is 0 Å². The topological polar surface area (TPSA) is 63.6 Å². The van der Waals surface area contributed by atoms with Crippen LogP contribution in [0.4, 0.5) is 0 Å². The Morgan fingerprint density at radius 3 is 2.33 bits per heavy atom. The molecule has 1 aromatic carbocycles. The molecule has 0 saturated heterocycles. The minimum atomic E-state index is -1.29. The first-order chi connectivity index (χ1) is 8.45. The van der Waals surface area contributed by atoms with E-state index < -0.39 is 23.5 Å². The Morgan fingerprint density at radius 2 is 1.89 bits per heavy atom. The Hall–Kier alpha value is -1.36. The molecule has 1 aliphatic rings. The van der Waals surface area contributed by atoms with E-state index in [1.165, 1.54) is 0 Å². The van der Waals surface area contributed by atoms with Crippen LogP contribution in [-0.2, 0) is 14.3 Å². The summed E-state index contributed by atoms with van der Waals surface area (Å²) >= 11 is 3.32. The molecule has 96 valence electrons. The molecule has 1 unspecified atom stereocenters. The molecule has 0 aromatic heterocycles. The molecule has 0 radical (unpaired) electrons. The molecule has 0 spiro atoms. The van der Waals surface area contributed by atoms with Gasteiger partial charge in [-0.1, -0.05) is 28.1 Å². The summed E-state index contributed by atoms with van der Waals surface area (Å²) in [4.78, 5) is 22.8. The molecular weight excluding hydrogens is 300 g/mol. The lowest BCUT2D eigenvalue weighted by Gasteiger charge is -2.16. The van der Waals surface area contributed by atoms with Gasteiger partial charge in [-0.25, -0.2) is 0 Å². The Kier molecular flexibility index (Phi) is 3.43. The number of benzene rings is 1. The lowest BCUT2D eigenvalue weighted by atomic mass is 10.1. The van der Waals surface area contributed by atoms with Gasteiger partial charge in [-0.05, 0) is 37.5 Å². The van der Waals surface area contributed by atoms with E-state index in [2.05, 4.69) is 15.9 Å². The lowest BCUT2D eigenvalue weighted by Crippen LogP contribution is -2.28. The summed E-state index contributed by atoms with van der Waals surface area (Å²) in [5, 5.41) is 8.99. The van der Waals surface area contributed by atoms with Gasteiger partial charge in [-0.2, -0.15) is 0 Å². The molecule has 1 aliphatic carbocycles. The number of carboxylic acids is 1. The van der Waals surface area contributed by atoms with Gasteiger partial charge in [0.1, 0.15) is 6.10 Å². The van der Waals surface area contributed by atoms with Crippen molar-refractivity contribution in [1.29, 1.82) is 0 Å². The van der Waals surface area contributed by atoms with E-state index in [-0.39, 0.29) is 0 Å². The Balaban J connectivity index is 2.04. The Labute approximate surface area is 113 Å². The van der Waals surface area contributed by atoms with Crippen LogP contribution in [-0.4, -0.2) is 17.0 Å². The first-order valence-electron chi connectivity index (χ1n) is 5.66. The number of rotatable bonds is 4. The fraction of sp³-hybridized carbons (Fsp3) is 0.385. The van der Waals surface area contributed by atoms with Crippen molar-refractivity contribution in [1.82, 2.24) is 0 Å². The molecule has 0 heterocycles. The third-order valence-electron chi connectivity index (χ3n) is 3.17. The van der Waals surface area contributed by atoms with Crippen molar-refractivity contribution >= 4 is 27.9 Å². The summed E-state index contributed by atoms with van der Waals surface area (Å²) in [6.07, 6.45) is 0.296. The van der Waals surface area contributed by atoms with Crippen LogP contribution in [0.3, 0.4) is 0 Å². The second kappa shape index (κ2) is 4.72. The van der Waals surface area contributed by atoms with Gasteiger partial charge in [-0.15, -0.1) is 0 Å². The van der Waals surface area contributed by atoms with Gasteiger partial charge in [0.05, 0.1) is 0 Å². The summed E-state index contributed by atoms with van der Waals surface area (Å²) in [6.45, 7) is 1.74. The van der Waals surface area contributed by atoms with Crippen LogP contribution >= 0.6 is 15.9 Å². The molecule has 2 rings (SSSR count). The van der Waals surface area contributed by atoms with Crippen LogP contribution in [0.25, 0.3) is 0 Å². The lowest BCUT2D eigenvalue weighted by molar-refractivity contribution is -0.164. The van der Waals surface area contributed by atoms with Crippen molar-refractivity contribution in [2.24, 2.45) is 5.41 Å². The molecule has 1 fully saturated rings. The molecule has 1 aromatic rings. The van der Waals surface area contributed by atoms with Gasteiger partial charge < -0.3 is 9.84 Å². The highest BCUT2D eigenvalue weighted by Gasteiger charge is 2.59. The number of halogens is 1. The molecule has 0 bridgehead atoms. The van der Waals surface area contributed by atoms with Crippen molar-refractivity contribution in [3.8, 4) is 0 Å². The predicted molar refractivity (Wildman–Crippen MR) is 68.0 cm³/mol. The van der Waals surface area contributed by atoms with E-state index in [0.29, 0.717) is 12.8 Å². The summed E-state index contributed by atoms with van der Waals surface area (Å²) in [5.74, 6) is -1.72. The van der Waals surface area contributed by atoms with Gasteiger partial charge in [0.2, 0.25) is 0 Å². The summed E-state index contributed by atoms with van der Waals surface area (Å²) in [5.41, 5.74) is -0.448. The molecule has 5 heteroatoms. The highest BCUT2D eigenvalue weighted by Crippen LogP contribution is 2.47. The van der Waals surface area contributed by atoms with Crippen molar-refractivity contribution in [2.75, 3.05) is 0 Å². The first-order valence-corrected chi connectivity index (χ1v) is 6.45. The molecule has 1 N–H and O–H groups in total. The molecule has 4 nitrogen and oxygen atoms in total. The van der Waals surface area contributed by atoms with Crippen LogP contribution in [0.15, 0.2) is 28.7 Å². The van der Waals surface area contributed by atoms with Crippen molar-refractivity contribution < 1.29 is 19.4 Å². The maximum Gasteiger partial charge on any atom is 0.324 e. The minimum Gasteiger partial charge on any atom is -0.480 e. The van der Waals surface area contributed by atoms with E-state index in [4.69, 9.17) is 9.84 Å². The predicted octanol–water partition coefficient (Wildman–Crippen LogP) is 2.92. The number of carbonyl (C=O) groups is 2. The number of carboxylic acid groups (broad SMARTS) is 1. The highest BCUT2D eigenvalue weighted by molar-refractivity contribution is 9.10. The molecule has 0 aliphatic heterocycles. The normalized spacial score (nSPS) is 17.9. The summed E-state index contributed by atoms with van der Waals surface area (Å²) < 4.78 is 6.17. The fourth-order valence-electron chi connectivity index (χ4n) is 1.71. The van der Waals surface area contributed by atoms with Crippen LogP contribution < -0.4 is 0 Å². The fourth-order valence-corrected chi connectivity index (χ4v) is 1.97. The molecule has 1 atom stereocenters. The standard InChI is InChI=1S/C13H13BrO4/c1-8(9-2-4-10(14)5-3-9)18-12(17)13(6-7-13)11(15)16/h2-5,8H,6-7H2,1H3,(H,15,16). The highest BCUT2D eigenvalue weighted by atomic mass is 79.9. The number of hydrogen-bond donors (Lipinski definition) is 1. The minimum absolute atomic E-state index is 0.369. The number of ether oxygens (including phenoxy) is 1. The first kappa shape index (κ1) is 13.1. The quantitative estimate of drug-likeness (QED) is 0.686. The SMILES string of the molecule is CC(OC(=O)C1(C(=O)O)CC1)c1ccc(Br)cc1. The smallest absolute Gasteiger partial charge is 0.324 e. The van der Waals surface area contributed by atoms with Gasteiger partial charge in [-0.3, -0.25) is 9.59 Å². The summed E-state index contributed by atoms with van der Waals surface area (Å²) in [7, 11) is 0. The van der Waals surface area contributed by atoms with Crippen molar-refractivity contribution in [3.05, 3.63) is 34.3 Å². The van der Waals surface area contributed by atoms with Crippen LogP contribution in [0.1, 0.15) is 31.4 Å². The maximum atomic E-state index is 11.8. The van der Waals surface area contributed by atoms with E-state index >= 15 is 0 Å². The second-order valence-corrected chi connectivity index (χ2v) is 5.40. The zero-order valence-corrected chi connectivity index (χ0v) is 11.4. The number of esters is 1. The third kappa shape index (κ3) is 2.41. The van der Waals surface area contributed by atoms with E-state index in [1.54, 1.807) is 6.92 Å². The van der Waals surface area contributed by atoms with Gasteiger partial charge in [0, 0.05) is 4.47 Å². The zero-order valence-electron chi connectivity index (χ0n) is 9.85. The average Bonchev–Trinajstić information content (AvgIpc) is 3.10. The van der Waals surface area contributed by atoms with Crippen LogP contribution in [0, 0.1) is 5.41 Å². The monoisotopic (exact) mass is 312 g/mol. The molecular formula is C13H13BrO4. The van der Waals surface area contributed by atoms with E-state index in [9.17, 15) is 9.59 Å². The van der Waals surface area contributed by atoms with Crippen LogP contribution in [0.5, 0.6) is 0 Å². The van der Waals surface area contributed by atoms with E-state index in [0.717, 1.165) is 10.0 Å². The number of carbonyl (C=O) groups excluding carboxylic acids is 1. The Morgan fingerprint density at radius 1 is 1.33 bits per heavy atom. The number of hydrogen-bond acceptors (Lipinski definition) is 3. The third-order valence-corrected chi connectivity index (χ3v) is 3.70. The van der Waals surface area contributed by atoms with Gasteiger partial charge >= 0.3 is 11.9 Å². The van der Waals surface area contributed by atoms with Crippen molar-refractivity contribution in [2.45, 2.75) is 25.9 Å². The maximum absolute atomic E-state index is 11.8. The summed E-state index contributed by atoms with van der Waals surface area (Å²) in [6, 6.07) is 7.37. The van der Waals surface area contributed by atoms with Crippen LogP contribution in [0.2, 0.25) is 0 Å². The largest absolute Gasteiger partial charge is 0.480 e.